The Hall–Kier alpha value is -0.120. The second kappa shape index (κ2) is 7.46. The molecule has 1 aliphatic heterocycles. The summed E-state index contributed by atoms with van der Waals surface area (Å²) in [5, 5.41) is 0. The van der Waals surface area contributed by atoms with Crippen LogP contribution < -0.4 is 5.73 Å². The molecule has 0 aromatic heterocycles. The Morgan fingerprint density at radius 2 is 1.83 bits per heavy atom. The quantitative estimate of drug-likeness (QED) is 0.783. The fourth-order valence-corrected chi connectivity index (χ4v) is 3.70. The summed E-state index contributed by atoms with van der Waals surface area (Å²) in [6, 6.07) is 1.27. The van der Waals surface area contributed by atoms with Gasteiger partial charge in [0.05, 0.1) is 6.61 Å². The molecular formula is C15H30N2O. The van der Waals surface area contributed by atoms with Crippen LogP contribution in [0.5, 0.6) is 0 Å². The molecule has 0 radical (unpaired) electrons. The Morgan fingerprint density at radius 1 is 1.11 bits per heavy atom. The second-order valence-corrected chi connectivity index (χ2v) is 6.09. The third kappa shape index (κ3) is 3.69. The number of hydrogen-bond acceptors (Lipinski definition) is 3. The van der Waals surface area contributed by atoms with Crippen molar-refractivity contribution in [1.29, 1.82) is 0 Å². The van der Waals surface area contributed by atoms with E-state index in [2.05, 4.69) is 11.9 Å². The minimum absolute atomic E-state index is 0.522. The molecule has 106 valence electrons. The minimum Gasteiger partial charge on any atom is -0.381 e. The summed E-state index contributed by atoms with van der Waals surface area (Å²) in [6.07, 6.45) is 10.9. The molecule has 2 aliphatic rings. The monoisotopic (exact) mass is 254 g/mol. The molecule has 2 atom stereocenters. The van der Waals surface area contributed by atoms with E-state index in [1.165, 1.54) is 51.4 Å². The van der Waals surface area contributed by atoms with Gasteiger partial charge in [0.15, 0.2) is 0 Å². The second-order valence-electron chi connectivity index (χ2n) is 6.09. The Labute approximate surface area is 112 Å². The average molecular weight is 254 g/mol. The van der Waals surface area contributed by atoms with Crippen molar-refractivity contribution >= 4 is 0 Å². The van der Waals surface area contributed by atoms with Crippen molar-refractivity contribution in [2.24, 2.45) is 11.7 Å². The lowest BCUT2D eigenvalue weighted by Crippen LogP contribution is -2.50. The molecule has 0 spiro atoms. The molecule has 0 amide bonds. The lowest BCUT2D eigenvalue weighted by molar-refractivity contribution is 0.00555. The fraction of sp³-hybridized carbons (Fsp3) is 1.00. The highest BCUT2D eigenvalue weighted by Crippen LogP contribution is 2.27. The van der Waals surface area contributed by atoms with E-state index >= 15 is 0 Å². The highest BCUT2D eigenvalue weighted by molar-refractivity contribution is 4.85. The van der Waals surface area contributed by atoms with E-state index < -0.39 is 0 Å². The molecule has 3 heteroatoms. The number of rotatable bonds is 4. The van der Waals surface area contributed by atoms with Gasteiger partial charge in [0.1, 0.15) is 0 Å². The lowest BCUT2D eigenvalue weighted by Gasteiger charge is -2.40. The number of likely N-dealkylation sites (N-methyl/N-ethyl adjacent to an activating group) is 1. The lowest BCUT2D eigenvalue weighted by atomic mass is 9.91. The van der Waals surface area contributed by atoms with E-state index in [4.69, 9.17) is 10.5 Å². The molecule has 2 rings (SSSR count). The fourth-order valence-electron chi connectivity index (χ4n) is 3.70. The molecule has 0 aromatic rings. The molecule has 2 unspecified atom stereocenters. The van der Waals surface area contributed by atoms with Gasteiger partial charge in [0.25, 0.3) is 0 Å². The summed E-state index contributed by atoms with van der Waals surface area (Å²) in [7, 11) is 2.29. The van der Waals surface area contributed by atoms with Gasteiger partial charge < -0.3 is 10.5 Å². The topological polar surface area (TPSA) is 38.5 Å². The normalized spacial score (nSPS) is 29.2. The molecule has 3 nitrogen and oxygen atoms in total. The van der Waals surface area contributed by atoms with Gasteiger partial charge in [-0.2, -0.15) is 0 Å². The van der Waals surface area contributed by atoms with Crippen molar-refractivity contribution < 1.29 is 4.74 Å². The molecule has 1 saturated heterocycles. The first-order chi connectivity index (χ1) is 8.83. The van der Waals surface area contributed by atoms with Gasteiger partial charge in [-0.1, -0.05) is 25.7 Å². The van der Waals surface area contributed by atoms with Crippen molar-refractivity contribution in [1.82, 2.24) is 4.90 Å². The molecule has 0 aromatic carbocycles. The number of ether oxygens (including phenoxy) is 1. The Kier molecular flexibility index (Phi) is 5.93. The van der Waals surface area contributed by atoms with Gasteiger partial charge >= 0.3 is 0 Å². The number of nitrogens with two attached hydrogens (primary N) is 1. The van der Waals surface area contributed by atoms with Gasteiger partial charge in [-0.3, -0.25) is 4.90 Å². The Morgan fingerprint density at radius 3 is 2.39 bits per heavy atom. The third-order valence-corrected chi connectivity index (χ3v) is 4.90. The zero-order valence-corrected chi connectivity index (χ0v) is 11.9. The third-order valence-electron chi connectivity index (χ3n) is 4.90. The molecule has 2 fully saturated rings. The van der Waals surface area contributed by atoms with Gasteiger partial charge in [0.2, 0.25) is 0 Å². The van der Waals surface area contributed by atoms with Crippen molar-refractivity contribution in [3.63, 3.8) is 0 Å². The van der Waals surface area contributed by atoms with Crippen LogP contribution in [-0.2, 0) is 4.74 Å². The van der Waals surface area contributed by atoms with Crippen LogP contribution in [0.15, 0.2) is 0 Å². The molecule has 1 saturated carbocycles. The van der Waals surface area contributed by atoms with Crippen molar-refractivity contribution in [3.05, 3.63) is 0 Å². The smallest absolute Gasteiger partial charge is 0.0509 e. The highest BCUT2D eigenvalue weighted by Gasteiger charge is 2.30. The van der Waals surface area contributed by atoms with Crippen molar-refractivity contribution in [3.8, 4) is 0 Å². The van der Waals surface area contributed by atoms with Crippen LogP contribution in [0.2, 0.25) is 0 Å². The van der Waals surface area contributed by atoms with E-state index in [0.29, 0.717) is 12.0 Å². The van der Waals surface area contributed by atoms with E-state index in [1.807, 2.05) is 0 Å². The Bertz CT molecular complexity index is 221. The van der Waals surface area contributed by atoms with Crippen LogP contribution in [-0.4, -0.2) is 43.8 Å². The maximum atomic E-state index is 6.05. The van der Waals surface area contributed by atoms with Gasteiger partial charge in [-0.05, 0) is 38.6 Å². The van der Waals surface area contributed by atoms with Crippen LogP contribution in [0.25, 0.3) is 0 Å². The van der Waals surface area contributed by atoms with Crippen LogP contribution in [0.4, 0.5) is 0 Å². The highest BCUT2D eigenvalue weighted by atomic mass is 16.5. The van der Waals surface area contributed by atoms with Gasteiger partial charge in [0, 0.05) is 25.2 Å². The van der Waals surface area contributed by atoms with Crippen LogP contribution in [0.3, 0.4) is 0 Å². The molecule has 2 N–H and O–H groups in total. The Balaban J connectivity index is 1.92. The molecule has 1 aliphatic carbocycles. The predicted molar refractivity (Wildman–Crippen MR) is 75.6 cm³/mol. The molecule has 0 bridgehead atoms. The summed E-state index contributed by atoms with van der Waals surface area (Å²) in [5.41, 5.74) is 6.05. The maximum Gasteiger partial charge on any atom is 0.0509 e. The average Bonchev–Trinajstić information content (AvgIpc) is 2.69. The summed E-state index contributed by atoms with van der Waals surface area (Å²) in [4.78, 5) is 2.59. The van der Waals surface area contributed by atoms with Crippen LogP contribution in [0, 0.1) is 5.92 Å². The SMILES string of the molecule is CN(C1CCCCCC1)C(CN)C1CCCOC1. The first-order valence-electron chi connectivity index (χ1n) is 7.82. The standard InChI is InChI=1S/C15H30N2O/c1-17(14-8-4-2-3-5-9-14)15(11-16)13-7-6-10-18-12-13/h13-15H,2-12,16H2,1H3. The summed E-state index contributed by atoms with van der Waals surface area (Å²) >= 11 is 0. The molecular weight excluding hydrogens is 224 g/mol. The minimum atomic E-state index is 0.522. The zero-order valence-electron chi connectivity index (χ0n) is 11.9. The van der Waals surface area contributed by atoms with E-state index in [9.17, 15) is 0 Å². The van der Waals surface area contributed by atoms with Gasteiger partial charge in [-0.25, -0.2) is 0 Å². The zero-order chi connectivity index (χ0) is 12.8. The predicted octanol–water partition coefficient (Wildman–Crippen LogP) is 2.39. The number of hydrogen-bond donors (Lipinski definition) is 1. The van der Waals surface area contributed by atoms with Crippen molar-refractivity contribution in [2.75, 3.05) is 26.8 Å². The van der Waals surface area contributed by atoms with E-state index in [-0.39, 0.29) is 0 Å². The number of nitrogens with zero attached hydrogens (tertiary/aromatic N) is 1. The molecule has 1 heterocycles. The van der Waals surface area contributed by atoms with E-state index in [0.717, 1.165) is 25.8 Å². The summed E-state index contributed by atoms with van der Waals surface area (Å²) in [5.74, 6) is 0.650. The van der Waals surface area contributed by atoms with Crippen molar-refractivity contribution in [2.45, 2.75) is 63.5 Å². The van der Waals surface area contributed by atoms with Gasteiger partial charge in [-0.15, -0.1) is 0 Å². The summed E-state index contributed by atoms with van der Waals surface area (Å²) in [6.45, 7) is 2.64. The summed E-state index contributed by atoms with van der Waals surface area (Å²) < 4.78 is 5.64. The van der Waals surface area contributed by atoms with Crippen LogP contribution in [0.1, 0.15) is 51.4 Å². The maximum absolute atomic E-state index is 6.05. The van der Waals surface area contributed by atoms with E-state index in [1.54, 1.807) is 0 Å². The first kappa shape index (κ1) is 14.3. The van der Waals surface area contributed by atoms with Crippen LogP contribution >= 0.6 is 0 Å². The largest absolute Gasteiger partial charge is 0.381 e. The first-order valence-corrected chi connectivity index (χ1v) is 7.82. The molecule has 18 heavy (non-hydrogen) atoms.